The Morgan fingerprint density at radius 3 is 2.55 bits per heavy atom. The van der Waals surface area contributed by atoms with Crippen molar-refractivity contribution in [3.05, 3.63) is 48.3 Å². The van der Waals surface area contributed by atoms with Gasteiger partial charge >= 0.3 is 0 Å². The van der Waals surface area contributed by atoms with E-state index in [2.05, 4.69) is 36.9 Å². The fourth-order valence-corrected chi connectivity index (χ4v) is 2.14. The molecule has 0 aliphatic rings. The molecule has 2 aromatic heterocycles. The number of pyridine rings is 1. The lowest BCUT2D eigenvalue weighted by molar-refractivity contribution is 0.560. The van der Waals surface area contributed by atoms with E-state index < -0.39 is 0 Å². The normalized spacial score (nSPS) is 11.9. The zero-order chi connectivity index (χ0) is 14.3. The van der Waals surface area contributed by atoms with Crippen molar-refractivity contribution in [2.45, 2.75) is 26.2 Å². The molecule has 102 valence electrons. The lowest BCUT2D eigenvalue weighted by Crippen LogP contribution is -2.12. The second-order valence-corrected chi connectivity index (χ2v) is 6.00. The summed E-state index contributed by atoms with van der Waals surface area (Å²) < 4.78 is 1.75. The molecule has 2 N–H and O–H groups in total. The van der Waals surface area contributed by atoms with Crippen molar-refractivity contribution in [1.29, 1.82) is 0 Å². The molecule has 20 heavy (non-hydrogen) atoms. The van der Waals surface area contributed by atoms with Crippen LogP contribution in [0, 0.1) is 0 Å². The monoisotopic (exact) mass is 266 g/mol. The van der Waals surface area contributed by atoms with Gasteiger partial charge in [-0.2, -0.15) is 5.10 Å². The second kappa shape index (κ2) is 4.34. The van der Waals surface area contributed by atoms with Crippen molar-refractivity contribution >= 4 is 16.7 Å². The third kappa shape index (κ3) is 2.13. The predicted octanol–water partition coefficient (Wildman–Crippen LogP) is 3.30. The van der Waals surface area contributed by atoms with Gasteiger partial charge in [0.25, 0.3) is 0 Å². The summed E-state index contributed by atoms with van der Waals surface area (Å²) in [6.07, 6.45) is 1.80. The van der Waals surface area contributed by atoms with Crippen LogP contribution in [-0.4, -0.2) is 14.8 Å². The Labute approximate surface area is 118 Å². The van der Waals surface area contributed by atoms with Gasteiger partial charge in [0, 0.05) is 16.9 Å². The summed E-state index contributed by atoms with van der Waals surface area (Å²) >= 11 is 0. The summed E-state index contributed by atoms with van der Waals surface area (Å²) in [6.45, 7) is 6.37. The minimum Gasteiger partial charge on any atom is -0.384 e. The van der Waals surface area contributed by atoms with Crippen LogP contribution in [0.1, 0.15) is 26.5 Å². The van der Waals surface area contributed by atoms with Crippen molar-refractivity contribution in [3.63, 3.8) is 0 Å². The highest BCUT2D eigenvalue weighted by atomic mass is 15.3. The van der Waals surface area contributed by atoms with Gasteiger partial charge in [-0.1, -0.05) is 39.0 Å². The average molecular weight is 266 g/mol. The van der Waals surface area contributed by atoms with E-state index in [0.29, 0.717) is 5.82 Å². The zero-order valence-corrected chi connectivity index (χ0v) is 12.0. The summed E-state index contributed by atoms with van der Waals surface area (Å²) in [5, 5.41) is 5.69. The Morgan fingerprint density at radius 1 is 1.10 bits per heavy atom. The van der Waals surface area contributed by atoms with Crippen molar-refractivity contribution < 1.29 is 0 Å². The molecule has 0 spiro atoms. The first-order valence-electron chi connectivity index (χ1n) is 6.66. The molecule has 0 fully saturated rings. The molecule has 0 radical (unpaired) electrons. The highest BCUT2D eigenvalue weighted by Gasteiger charge is 2.19. The fraction of sp³-hybridized carbons (Fsp3) is 0.250. The number of nitrogen functional groups attached to an aromatic ring is 1. The van der Waals surface area contributed by atoms with Gasteiger partial charge < -0.3 is 5.73 Å². The first-order chi connectivity index (χ1) is 9.45. The second-order valence-electron chi connectivity index (χ2n) is 6.00. The van der Waals surface area contributed by atoms with Crippen LogP contribution in [0.4, 0.5) is 5.82 Å². The standard InChI is InChI=1S/C16H18N4/c1-16(2,3)14-9-15(17)20(19-14)12-8-11-6-4-5-7-13(11)18-10-12/h4-10H,17H2,1-3H3. The van der Waals surface area contributed by atoms with E-state index in [-0.39, 0.29) is 5.41 Å². The summed E-state index contributed by atoms with van der Waals surface area (Å²) in [5.41, 5.74) is 8.89. The molecule has 0 aliphatic carbocycles. The third-order valence-corrected chi connectivity index (χ3v) is 3.33. The number of benzene rings is 1. The van der Waals surface area contributed by atoms with Gasteiger partial charge in [-0.25, -0.2) is 4.68 Å². The number of nitrogens with zero attached hydrogens (tertiary/aromatic N) is 3. The number of nitrogens with two attached hydrogens (primary N) is 1. The number of aromatic nitrogens is 3. The van der Waals surface area contributed by atoms with Crippen LogP contribution in [0.5, 0.6) is 0 Å². The Bertz CT molecular complexity index is 765. The van der Waals surface area contributed by atoms with Gasteiger partial charge in [0.15, 0.2) is 0 Å². The molecular formula is C16H18N4. The van der Waals surface area contributed by atoms with Gasteiger partial charge in [0.05, 0.1) is 23.1 Å². The topological polar surface area (TPSA) is 56.7 Å². The van der Waals surface area contributed by atoms with E-state index in [1.165, 1.54) is 0 Å². The maximum atomic E-state index is 6.09. The zero-order valence-electron chi connectivity index (χ0n) is 12.0. The van der Waals surface area contributed by atoms with Crippen molar-refractivity contribution in [2.75, 3.05) is 5.73 Å². The van der Waals surface area contributed by atoms with E-state index in [1.54, 1.807) is 10.9 Å². The van der Waals surface area contributed by atoms with Crippen molar-refractivity contribution in [1.82, 2.24) is 14.8 Å². The number of hydrogen-bond acceptors (Lipinski definition) is 3. The molecule has 0 amide bonds. The number of anilines is 1. The number of hydrogen-bond donors (Lipinski definition) is 1. The first kappa shape index (κ1) is 12.7. The maximum absolute atomic E-state index is 6.09. The van der Waals surface area contributed by atoms with Crippen LogP contribution < -0.4 is 5.73 Å². The van der Waals surface area contributed by atoms with Crippen LogP contribution in [0.15, 0.2) is 42.6 Å². The molecule has 4 heteroatoms. The van der Waals surface area contributed by atoms with Crippen LogP contribution >= 0.6 is 0 Å². The molecule has 0 aliphatic heterocycles. The molecule has 4 nitrogen and oxygen atoms in total. The molecule has 2 heterocycles. The summed E-state index contributed by atoms with van der Waals surface area (Å²) in [5.74, 6) is 0.631. The quantitative estimate of drug-likeness (QED) is 0.735. The molecule has 3 aromatic rings. The van der Waals surface area contributed by atoms with E-state index in [9.17, 15) is 0 Å². The Kier molecular flexibility index (Phi) is 2.74. The SMILES string of the molecule is CC(C)(C)c1cc(N)n(-c2cnc3ccccc3c2)n1. The van der Waals surface area contributed by atoms with E-state index in [1.807, 2.05) is 30.3 Å². The highest BCUT2D eigenvalue weighted by Crippen LogP contribution is 2.25. The largest absolute Gasteiger partial charge is 0.384 e. The summed E-state index contributed by atoms with van der Waals surface area (Å²) in [7, 11) is 0. The van der Waals surface area contributed by atoms with E-state index in [4.69, 9.17) is 5.73 Å². The highest BCUT2D eigenvalue weighted by molar-refractivity contribution is 5.80. The Morgan fingerprint density at radius 2 is 1.85 bits per heavy atom. The molecular weight excluding hydrogens is 248 g/mol. The fourth-order valence-electron chi connectivity index (χ4n) is 2.14. The average Bonchev–Trinajstić information content (AvgIpc) is 2.80. The molecule has 0 atom stereocenters. The maximum Gasteiger partial charge on any atom is 0.127 e. The number of rotatable bonds is 1. The first-order valence-corrected chi connectivity index (χ1v) is 6.66. The van der Waals surface area contributed by atoms with E-state index >= 15 is 0 Å². The Hall–Kier alpha value is -2.36. The van der Waals surface area contributed by atoms with E-state index in [0.717, 1.165) is 22.3 Å². The molecule has 1 aromatic carbocycles. The van der Waals surface area contributed by atoms with Gasteiger partial charge in [0.1, 0.15) is 5.82 Å². The van der Waals surface area contributed by atoms with Crippen LogP contribution in [-0.2, 0) is 5.41 Å². The lowest BCUT2D eigenvalue weighted by atomic mass is 9.92. The minimum atomic E-state index is -0.0242. The minimum absolute atomic E-state index is 0.0242. The summed E-state index contributed by atoms with van der Waals surface area (Å²) in [4.78, 5) is 4.45. The molecule has 0 bridgehead atoms. The van der Waals surface area contributed by atoms with Gasteiger partial charge in [-0.3, -0.25) is 4.98 Å². The molecule has 0 saturated carbocycles. The predicted molar refractivity (Wildman–Crippen MR) is 82.0 cm³/mol. The number of para-hydroxylation sites is 1. The van der Waals surface area contributed by atoms with Crippen LogP contribution in [0.25, 0.3) is 16.6 Å². The molecule has 3 rings (SSSR count). The van der Waals surface area contributed by atoms with Gasteiger partial charge in [-0.15, -0.1) is 0 Å². The van der Waals surface area contributed by atoms with Crippen LogP contribution in [0.2, 0.25) is 0 Å². The van der Waals surface area contributed by atoms with Crippen molar-refractivity contribution in [3.8, 4) is 5.69 Å². The van der Waals surface area contributed by atoms with Gasteiger partial charge in [0.2, 0.25) is 0 Å². The summed E-state index contributed by atoms with van der Waals surface area (Å²) in [6, 6.07) is 12.0. The van der Waals surface area contributed by atoms with Crippen molar-refractivity contribution in [2.24, 2.45) is 0 Å². The van der Waals surface area contributed by atoms with Crippen LogP contribution in [0.3, 0.4) is 0 Å². The third-order valence-electron chi connectivity index (χ3n) is 3.33. The molecule has 0 saturated heterocycles. The molecule has 0 unspecified atom stereocenters. The van der Waals surface area contributed by atoms with Gasteiger partial charge in [-0.05, 0) is 12.1 Å². The lowest BCUT2D eigenvalue weighted by Gasteiger charge is -2.14. The smallest absolute Gasteiger partial charge is 0.127 e. The Balaban J connectivity index is 2.13. The number of fused-ring (bicyclic) bond motifs is 1.